The molecule has 1 fully saturated rings. The lowest BCUT2D eigenvalue weighted by atomic mass is 10.1. The van der Waals surface area contributed by atoms with Gasteiger partial charge in [0.05, 0.1) is 6.54 Å². The molecule has 0 unspecified atom stereocenters. The normalized spacial score (nSPS) is 20.7. The van der Waals surface area contributed by atoms with Crippen LogP contribution >= 0.6 is 0 Å². The maximum absolute atomic E-state index is 13.1. The molecule has 0 aliphatic carbocycles. The SMILES string of the molecule is CC(C)(C)OC(=O)C=CCCN1CCCC(F)(F)C1. The van der Waals surface area contributed by atoms with Crippen LogP contribution in [0.4, 0.5) is 8.78 Å². The Morgan fingerprint density at radius 1 is 1.42 bits per heavy atom. The monoisotopic (exact) mass is 275 g/mol. The average molecular weight is 275 g/mol. The molecule has 0 aromatic carbocycles. The van der Waals surface area contributed by atoms with Crippen molar-refractivity contribution in [3.63, 3.8) is 0 Å². The molecule has 1 aliphatic heterocycles. The lowest BCUT2D eigenvalue weighted by Gasteiger charge is -2.32. The van der Waals surface area contributed by atoms with E-state index < -0.39 is 17.5 Å². The second kappa shape index (κ2) is 6.46. The highest BCUT2D eigenvalue weighted by atomic mass is 19.3. The average Bonchev–Trinajstić information content (AvgIpc) is 2.20. The number of hydrogen-bond acceptors (Lipinski definition) is 3. The number of esters is 1. The Labute approximate surface area is 113 Å². The smallest absolute Gasteiger partial charge is 0.330 e. The molecule has 0 atom stereocenters. The Bertz CT molecular complexity index is 335. The van der Waals surface area contributed by atoms with Crippen molar-refractivity contribution in [2.75, 3.05) is 19.6 Å². The third-order valence-corrected chi connectivity index (χ3v) is 2.74. The summed E-state index contributed by atoms with van der Waals surface area (Å²) in [6.07, 6.45) is 4.14. The molecule has 0 bridgehead atoms. The largest absolute Gasteiger partial charge is 0.457 e. The summed E-state index contributed by atoms with van der Waals surface area (Å²) in [6, 6.07) is 0. The standard InChI is InChI=1S/C14H23F2NO2/c1-13(2,3)19-12(18)7-4-5-9-17-10-6-8-14(15,16)11-17/h4,7H,5-6,8-11H2,1-3H3. The van der Waals surface area contributed by atoms with Gasteiger partial charge in [-0.25, -0.2) is 13.6 Å². The van der Waals surface area contributed by atoms with Gasteiger partial charge in [0.2, 0.25) is 0 Å². The number of hydrogen-bond donors (Lipinski definition) is 0. The van der Waals surface area contributed by atoms with Crippen LogP contribution in [0.25, 0.3) is 0 Å². The molecule has 19 heavy (non-hydrogen) atoms. The fourth-order valence-electron chi connectivity index (χ4n) is 2.01. The minimum Gasteiger partial charge on any atom is -0.457 e. The van der Waals surface area contributed by atoms with E-state index in [1.54, 1.807) is 31.7 Å². The van der Waals surface area contributed by atoms with Crippen LogP contribution in [0.2, 0.25) is 0 Å². The number of nitrogens with zero attached hydrogens (tertiary/aromatic N) is 1. The second-order valence-electron chi connectivity index (χ2n) is 5.96. The van der Waals surface area contributed by atoms with Crippen LogP contribution in [0.1, 0.15) is 40.0 Å². The molecule has 0 aromatic rings. The van der Waals surface area contributed by atoms with E-state index in [0.29, 0.717) is 25.9 Å². The van der Waals surface area contributed by atoms with Crippen LogP contribution in [0.15, 0.2) is 12.2 Å². The van der Waals surface area contributed by atoms with Gasteiger partial charge in [0.15, 0.2) is 0 Å². The Kier molecular flexibility index (Phi) is 5.47. The molecule has 0 saturated carbocycles. The topological polar surface area (TPSA) is 29.5 Å². The number of ether oxygens (including phenoxy) is 1. The van der Waals surface area contributed by atoms with E-state index in [9.17, 15) is 13.6 Å². The molecule has 1 rings (SSSR count). The van der Waals surface area contributed by atoms with Crippen LogP contribution in [0.5, 0.6) is 0 Å². The Hall–Kier alpha value is -0.970. The van der Waals surface area contributed by atoms with E-state index in [2.05, 4.69) is 0 Å². The summed E-state index contributed by atoms with van der Waals surface area (Å²) in [5, 5.41) is 0. The van der Waals surface area contributed by atoms with Crippen molar-refractivity contribution in [2.24, 2.45) is 0 Å². The zero-order chi connectivity index (χ0) is 14.5. The number of rotatable bonds is 4. The van der Waals surface area contributed by atoms with Crippen molar-refractivity contribution in [1.29, 1.82) is 0 Å². The fourth-order valence-corrected chi connectivity index (χ4v) is 2.01. The van der Waals surface area contributed by atoms with Crippen molar-refractivity contribution in [1.82, 2.24) is 4.90 Å². The molecule has 3 nitrogen and oxygen atoms in total. The molecule has 1 heterocycles. The molecule has 0 aromatic heterocycles. The van der Waals surface area contributed by atoms with Crippen molar-refractivity contribution in [3.8, 4) is 0 Å². The van der Waals surface area contributed by atoms with Gasteiger partial charge in [-0.1, -0.05) is 6.08 Å². The molecule has 0 radical (unpaired) electrons. The first kappa shape index (κ1) is 16.1. The van der Waals surface area contributed by atoms with E-state index in [0.717, 1.165) is 0 Å². The number of piperidine rings is 1. The third-order valence-electron chi connectivity index (χ3n) is 2.74. The van der Waals surface area contributed by atoms with E-state index in [-0.39, 0.29) is 13.0 Å². The number of alkyl halides is 2. The summed E-state index contributed by atoms with van der Waals surface area (Å²) in [5.74, 6) is -2.95. The van der Waals surface area contributed by atoms with Crippen molar-refractivity contribution >= 4 is 5.97 Å². The van der Waals surface area contributed by atoms with Crippen LogP contribution in [-0.4, -0.2) is 42.0 Å². The van der Waals surface area contributed by atoms with Gasteiger partial charge in [0.1, 0.15) is 5.60 Å². The quantitative estimate of drug-likeness (QED) is 0.583. The zero-order valence-electron chi connectivity index (χ0n) is 11.9. The molecular weight excluding hydrogens is 252 g/mol. The minimum absolute atomic E-state index is 0.0166. The summed E-state index contributed by atoms with van der Waals surface area (Å²) < 4.78 is 31.4. The zero-order valence-corrected chi connectivity index (χ0v) is 11.9. The first-order chi connectivity index (χ1) is 8.68. The molecule has 110 valence electrons. The molecular formula is C14H23F2NO2. The first-order valence-electron chi connectivity index (χ1n) is 6.68. The molecule has 0 spiro atoms. The highest BCUT2D eigenvalue weighted by Gasteiger charge is 2.34. The summed E-state index contributed by atoms with van der Waals surface area (Å²) in [4.78, 5) is 13.1. The highest BCUT2D eigenvalue weighted by molar-refractivity contribution is 5.82. The lowest BCUT2D eigenvalue weighted by Crippen LogP contribution is -2.42. The van der Waals surface area contributed by atoms with E-state index in [4.69, 9.17) is 4.74 Å². The van der Waals surface area contributed by atoms with E-state index in [1.807, 2.05) is 0 Å². The number of halogens is 2. The highest BCUT2D eigenvalue weighted by Crippen LogP contribution is 2.26. The molecule has 5 heteroatoms. The number of carbonyl (C=O) groups excluding carboxylic acids is 1. The Balaban J connectivity index is 2.25. The minimum atomic E-state index is -2.56. The van der Waals surface area contributed by atoms with Crippen molar-refractivity contribution in [2.45, 2.75) is 51.6 Å². The van der Waals surface area contributed by atoms with Gasteiger partial charge in [-0.15, -0.1) is 0 Å². The van der Waals surface area contributed by atoms with Crippen LogP contribution in [0.3, 0.4) is 0 Å². The predicted octanol–water partition coefficient (Wildman–Crippen LogP) is 3.01. The van der Waals surface area contributed by atoms with Gasteiger partial charge in [-0.05, 0) is 40.2 Å². The maximum atomic E-state index is 13.1. The summed E-state index contributed by atoms with van der Waals surface area (Å²) in [5.41, 5.74) is -0.504. The lowest BCUT2D eigenvalue weighted by molar-refractivity contribution is -0.148. The molecule has 0 N–H and O–H groups in total. The van der Waals surface area contributed by atoms with Crippen LogP contribution in [0, 0.1) is 0 Å². The van der Waals surface area contributed by atoms with Crippen LogP contribution < -0.4 is 0 Å². The summed E-state index contributed by atoms with van der Waals surface area (Å²) >= 11 is 0. The van der Waals surface area contributed by atoms with Crippen molar-refractivity contribution < 1.29 is 18.3 Å². The van der Waals surface area contributed by atoms with E-state index in [1.165, 1.54) is 6.08 Å². The van der Waals surface area contributed by atoms with Crippen molar-refractivity contribution in [3.05, 3.63) is 12.2 Å². The fraction of sp³-hybridized carbons (Fsp3) is 0.786. The molecule has 1 aliphatic rings. The maximum Gasteiger partial charge on any atom is 0.330 e. The molecule has 0 amide bonds. The van der Waals surface area contributed by atoms with E-state index >= 15 is 0 Å². The van der Waals surface area contributed by atoms with Gasteiger partial charge in [-0.3, -0.25) is 4.90 Å². The summed E-state index contributed by atoms with van der Waals surface area (Å²) in [7, 11) is 0. The number of likely N-dealkylation sites (tertiary alicyclic amines) is 1. The van der Waals surface area contributed by atoms with Gasteiger partial charge in [-0.2, -0.15) is 0 Å². The number of carbonyl (C=O) groups is 1. The van der Waals surface area contributed by atoms with Gasteiger partial charge in [0, 0.05) is 19.0 Å². The van der Waals surface area contributed by atoms with Gasteiger partial charge in [0.25, 0.3) is 5.92 Å². The van der Waals surface area contributed by atoms with Crippen LogP contribution in [-0.2, 0) is 9.53 Å². The molecule has 1 saturated heterocycles. The van der Waals surface area contributed by atoms with Gasteiger partial charge < -0.3 is 4.74 Å². The Morgan fingerprint density at radius 3 is 2.68 bits per heavy atom. The summed E-state index contributed by atoms with van der Waals surface area (Å²) in [6.45, 7) is 6.48. The second-order valence-corrected chi connectivity index (χ2v) is 5.96. The predicted molar refractivity (Wildman–Crippen MR) is 70.2 cm³/mol. The Morgan fingerprint density at radius 2 is 2.11 bits per heavy atom. The van der Waals surface area contributed by atoms with Gasteiger partial charge >= 0.3 is 5.97 Å². The first-order valence-corrected chi connectivity index (χ1v) is 6.68. The third kappa shape index (κ3) is 7.25.